The number of benzene rings is 2. The second-order valence-corrected chi connectivity index (χ2v) is 7.40. The second-order valence-electron chi connectivity index (χ2n) is 5.90. The molecule has 7 nitrogen and oxygen atoms in total. The van der Waals surface area contributed by atoms with Crippen molar-refractivity contribution >= 4 is 16.1 Å². The Balaban J connectivity index is 2.17. The highest BCUT2D eigenvalue weighted by Crippen LogP contribution is 2.32. The minimum absolute atomic E-state index is 0.109. The Morgan fingerprint density at radius 1 is 1.07 bits per heavy atom. The summed E-state index contributed by atoms with van der Waals surface area (Å²) in [6.07, 6.45) is 0. The molecule has 1 aromatic heterocycles. The number of imidazole rings is 1. The van der Waals surface area contributed by atoms with Gasteiger partial charge in [0.25, 0.3) is 10.1 Å². The Morgan fingerprint density at radius 2 is 1.63 bits per heavy atom. The van der Waals surface area contributed by atoms with Crippen LogP contribution in [0.3, 0.4) is 0 Å². The number of aromatic nitrogens is 2. The predicted octanol–water partition coefficient (Wildman–Crippen LogP) is 2.89. The molecule has 140 valence electrons. The summed E-state index contributed by atoms with van der Waals surface area (Å²) < 4.78 is 36.7. The average molecular weight is 386 g/mol. The van der Waals surface area contributed by atoms with E-state index in [9.17, 15) is 17.8 Å². The molecule has 2 N–H and O–H groups in total. The summed E-state index contributed by atoms with van der Waals surface area (Å²) in [5.74, 6) is -2.79. The van der Waals surface area contributed by atoms with E-state index in [1.807, 2.05) is 60.7 Å². The Hall–Kier alpha value is -2.97. The Labute approximate surface area is 156 Å². The fraction of sp³-hybridized carbons (Fsp3) is 0.158. The smallest absolute Gasteiger partial charge is 0.317 e. The van der Waals surface area contributed by atoms with E-state index in [1.54, 1.807) is 0 Å². The summed E-state index contributed by atoms with van der Waals surface area (Å²) in [5.41, 5.74) is 2.84. The lowest BCUT2D eigenvalue weighted by Crippen LogP contribution is -2.24. The Kier molecular flexibility index (Phi) is 5.38. The molecule has 1 heterocycles. The standard InChI is InChI=1S/C19H18N2O5S/c1-26-19(22)15(12-27(23,24)25)18-20-16(13-8-4-2-5-9-13)17(21-18)14-10-6-3-7-11-14/h2-11,15H,12H2,1H3,(H,20,21)(H,23,24,25). The normalized spacial score (nSPS) is 12.5. The first-order valence-electron chi connectivity index (χ1n) is 8.13. The Morgan fingerprint density at radius 3 is 2.15 bits per heavy atom. The van der Waals surface area contributed by atoms with Crippen LogP contribution in [0, 0.1) is 0 Å². The monoisotopic (exact) mass is 386 g/mol. The molecule has 27 heavy (non-hydrogen) atoms. The minimum atomic E-state index is -4.42. The first kappa shape index (κ1) is 18.8. The van der Waals surface area contributed by atoms with Crippen molar-refractivity contribution in [3.8, 4) is 22.5 Å². The largest absolute Gasteiger partial charge is 0.468 e. The number of carbonyl (C=O) groups is 1. The van der Waals surface area contributed by atoms with Crippen LogP contribution in [0.4, 0.5) is 0 Å². The van der Waals surface area contributed by atoms with Crippen LogP contribution in [0.5, 0.6) is 0 Å². The molecule has 2 aromatic carbocycles. The van der Waals surface area contributed by atoms with Crippen LogP contribution in [-0.4, -0.2) is 41.8 Å². The van der Waals surface area contributed by atoms with Crippen LogP contribution in [0.2, 0.25) is 0 Å². The van der Waals surface area contributed by atoms with Crippen molar-refractivity contribution in [2.24, 2.45) is 0 Å². The fourth-order valence-corrected chi connectivity index (χ4v) is 3.50. The average Bonchev–Trinajstić information content (AvgIpc) is 3.11. The summed E-state index contributed by atoms with van der Waals surface area (Å²) >= 11 is 0. The molecule has 0 aliphatic heterocycles. The van der Waals surface area contributed by atoms with Crippen molar-refractivity contribution in [3.05, 3.63) is 66.5 Å². The third-order valence-corrected chi connectivity index (χ3v) is 4.78. The van der Waals surface area contributed by atoms with Gasteiger partial charge in [-0.3, -0.25) is 9.35 Å². The molecule has 0 amide bonds. The quantitative estimate of drug-likeness (QED) is 0.498. The van der Waals surface area contributed by atoms with Crippen molar-refractivity contribution < 1.29 is 22.5 Å². The van der Waals surface area contributed by atoms with Gasteiger partial charge in [0, 0.05) is 11.1 Å². The van der Waals surface area contributed by atoms with Gasteiger partial charge in [0.05, 0.1) is 24.3 Å². The first-order chi connectivity index (χ1) is 12.9. The summed E-state index contributed by atoms with van der Waals surface area (Å²) in [6.45, 7) is 0. The van der Waals surface area contributed by atoms with Gasteiger partial charge >= 0.3 is 5.97 Å². The lowest BCUT2D eigenvalue weighted by atomic mass is 10.1. The maximum atomic E-state index is 12.1. The predicted molar refractivity (Wildman–Crippen MR) is 101 cm³/mol. The van der Waals surface area contributed by atoms with E-state index in [0.717, 1.165) is 18.2 Å². The van der Waals surface area contributed by atoms with E-state index in [-0.39, 0.29) is 5.82 Å². The molecule has 1 unspecified atom stereocenters. The number of hydrogen-bond acceptors (Lipinski definition) is 5. The molecule has 1 atom stereocenters. The molecule has 0 spiro atoms. The van der Waals surface area contributed by atoms with Crippen molar-refractivity contribution in [3.63, 3.8) is 0 Å². The van der Waals surface area contributed by atoms with Gasteiger partial charge in [0.2, 0.25) is 0 Å². The molecular formula is C19H18N2O5S. The summed E-state index contributed by atoms with van der Waals surface area (Å²) in [7, 11) is -3.27. The third kappa shape index (κ3) is 4.42. The topological polar surface area (TPSA) is 109 Å². The Bertz CT molecular complexity index is 973. The van der Waals surface area contributed by atoms with Crippen molar-refractivity contribution in [2.75, 3.05) is 12.9 Å². The van der Waals surface area contributed by atoms with E-state index in [1.165, 1.54) is 0 Å². The number of ether oxygens (including phenoxy) is 1. The van der Waals surface area contributed by atoms with Gasteiger partial charge in [0.1, 0.15) is 11.7 Å². The number of nitrogens with one attached hydrogen (secondary N) is 1. The number of H-pyrrole nitrogens is 1. The molecule has 0 fully saturated rings. The summed E-state index contributed by atoms with van der Waals surface area (Å²) in [5, 5.41) is 0. The lowest BCUT2D eigenvalue weighted by Gasteiger charge is -2.10. The van der Waals surface area contributed by atoms with E-state index in [2.05, 4.69) is 9.97 Å². The van der Waals surface area contributed by atoms with Crippen LogP contribution < -0.4 is 0 Å². The van der Waals surface area contributed by atoms with E-state index in [4.69, 9.17) is 4.74 Å². The summed E-state index contributed by atoms with van der Waals surface area (Å²) in [4.78, 5) is 19.7. The van der Waals surface area contributed by atoms with Crippen LogP contribution in [-0.2, 0) is 19.6 Å². The fourth-order valence-electron chi connectivity index (χ4n) is 2.79. The molecule has 0 saturated carbocycles. The number of rotatable bonds is 6. The van der Waals surface area contributed by atoms with Crippen LogP contribution in [0.1, 0.15) is 11.7 Å². The molecule has 0 aliphatic rings. The van der Waals surface area contributed by atoms with Gasteiger partial charge in [-0.2, -0.15) is 8.42 Å². The number of nitrogens with zero attached hydrogens (tertiary/aromatic N) is 1. The van der Waals surface area contributed by atoms with Crippen LogP contribution in [0.25, 0.3) is 22.5 Å². The highest BCUT2D eigenvalue weighted by atomic mass is 32.2. The molecular weight excluding hydrogens is 368 g/mol. The molecule has 0 radical (unpaired) electrons. The third-order valence-electron chi connectivity index (χ3n) is 4.02. The highest BCUT2D eigenvalue weighted by Gasteiger charge is 2.31. The SMILES string of the molecule is COC(=O)C(CS(=O)(=O)O)c1nc(-c2ccccc2)c(-c2ccccc2)[nH]1. The van der Waals surface area contributed by atoms with E-state index in [0.29, 0.717) is 11.4 Å². The zero-order valence-electron chi connectivity index (χ0n) is 14.5. The van der Waals surface area contributed by atoms with Gasteiger partial charge in [-0.1, -0.05) is 60.7 Å². The second kappa shape index (κ2) is 7.73. The van der Waals surface area contributed by atoms with Gasteiger partial charge in [-0.05, 0) is 0 Å². The number of esters is 1. The molecule has 0 bridgehead atoms. The zero-order chi connectivity index (χ0) is 19.4. The van der Waals surface area contributed by atoms with Gasteiger partial charge < -0.3 is 9.72 Å². The number of carbonyl (C=O) groups excluding carboxylic acids is 1. The summed E-state index contributed by atoms with van der Waals surface area (Å²) in [6, 6.07) is 18.7. The van der Waals surface area contributed by atoms with Gasteiger partial charge in [-0.25, -0.2) is 4.98 Å². The minimum Gasteiger partial charge on any atom is -0.468 e. The molecule has 0 aliphatic carbocycles. The molecule has 3 rings (SSSR count). The van der Waals surface area contributed by atoms with Gasteiger partial charge in [-0.15, -0.1) is 0 Å². The van der Waals surface area contributed by atoms with E-state index < -0.39 is 27.8 Å². The highest BCUT2D eigenvalue weighted by molar-refractivity contribution is 7.85. The maximum Gasteiger partial charge on any atom is 0.317 e. The van der Waals surface area contributed by atoms with Crippen molar-refractivity contribution in [1.29, 1.82) is 0 Å². The lowest BCUT2D eigenvalue weighted by molar-refractivity contribution is -0.142. The van der Waals surface area contributed by atoms with Crippen LogP contribution in [0.15, 0.2) is 60.7 Å². The number of methoxy groups -OCH3 is 1. The number of hydrogen-bond donors (Lipinski definition) is 2. The molecule has 8 heteroatoms. The molecule has 0 saturated heterocycles. The van der Waals surface area contributed by atoms with Gasteiger partial charge in [0.15, 0.2) is 0 Å². The molecule has 3 aromatic rings. The maximum absolute atomic E-state index is 12.1. The zero-order valence-corrected chi connectivity index (χ0v) is 15.3. The number of aromatic amines is 1. The first-order valence-corrected chi connectivity index (χ1v) is 9.73. The van der Waals surface area contributed by atoms with Crippen molar-refractivity contribution in [2.45, 2.75) is 5.92 Å². The van der Waals surface area contributed by atoms with E-state index >= 15 is 0 Å². The van der Waals surface area contributed by atoms with Crippen LogP contribution >= 0.6 is 0 Å². The van der Waals surface area contributed by atoms with Crippen molar-refractivity contribution in [1.82, 2.24) is 9.97 Å².